The average Bonchev–Trinajstić information content (AvgIpc) is 2.68. The molecule has 0 unspecified atom stereocenters. The van der Waals surface area contributed by atoms with E-state index in [1.54, 1.807) is 12.1 Å². The molecule has 2 aromatic carbocycles. The van der Waals surface area contributed by atoms with E-state index >= 15 is 0 Å². The van der Waals surface area contributed by atoms with Gasteiger partial charge in [-0.25, -0.2) is 0 Å². The number of benzene rings is 2. The topological polar surface area (TPSA) is 53.3 Å². The SMILES string of the molecule is C[C@@H](Oc1ccc(-c2ccc(C#N)cc2)cc1)C(=O)N1[C@@H](C)CCC[C@@H]1C. The molecule has 0 aromatic heterocycles. The lowest BCUT2D eigenvalue weighted by atomic mass is 9.97. The van der Waals surface area contributed by atoms with Gasteiger partial charge in [-0.15, -0.1) is 0 Å². The normalized spacial score (nSPS) is 20.6. The summed E-state index contributed by atoms with van der Waals surface area (Å²) in [6.45, 7) is 6.06. The Labute approximate surface area is 161 Å². The summed E-state index contributed by atoms with van der Waals surface area (Å²) in [6, 6.07) is 17.9. The predicted molar refractivity (Wildman–Crippen MR) is 106 cm³/mol. The molecular weight excluding hydrogens is 336 g/mol. The van der Waals surface area contributed by atoms with Crippen molar-refractivity contribution in [3.63, 3.8) is 0 Å². The van der Waals surface area contributed by atoms with E-state index in [0.717, 1.165) is 24.0 Å². The summed E-state index contributed by atoms with van der Waals surface area (Å²) >= 11 is 0. The summed E-state index contributed by atoms with van der Waals surface area (Å²) in [5.41, 5.74) is 2.73. The number of amides is 1. The van der Waals surface area contributed by atoms with Crippen LogP contribution >= 0.6 is 0 Å². The number of nitriles is 1. The first kappa shape index (κ1) is 19.0. The Morgan fingerprint density at radius 2 is 1.56 bits per heavy atom. The highest BCUT2D eigenvalue weighted by Gasteiger charge is 2.32. The third-order valence-corrected chi connectivity index (χ3v) is 5.31. The monoisotopic (exact) mass is 362 g/mol. The molecule has 4 heteroatoms. The van der Waals surface area contributed by atoms with Crippen LogP contribution in [0.15, 0.2) is 48.5 Å². The molecule has 0 bridgehead atoms. The van der Waals surface area contributed by atoms with Crippen LogP contribution in [0.1, 0.15) is 45.6 Å². The zero-order valence-corrected chi connectivity index (χ0v) is 16.2. The zero-order valence-electron chi connectivity index (χ0n) is 16.2. The van der Waals surface area contributed by atoms with Gasteiger partial charge in [-0.1, -0.05) is 24.3 Å². The summed E-state index contributed by atoms with van der Waals surface area (Å²) in [6.07, 6.45) is 2.79. The van der Waals surface area contributed by atoms with Gasteiger partial charge in [-0.3, -0.25) is 4.79 Å². The highest BCUT2D eigenvalue weighted by atomic mass is 16.5. The van der Waals surface area contributed by atoms with E-state index < -0.39 is 6.10 Å². The number of hydrogen-bond acceptors (Lipinski definition) is 3. The van der Waals surface area contributed by atoms with E-state index in [9.17, 15) is 4.79 Å². The molecule has 3 atom stereocenters. The summed E-state index contributed by atoms with van der Waals surface area (Å²) in [7, 11) is 0. The van der Waals surface area contributed by atoms with E-state index in [-0.39, 0.29) is 18.0 Å². The molecule has 4 nitrogen and oxygen atoms in total. The number of rotatable bonds is 4. The third-order valence-electron chi connectivity index (χ3n) is 5.31. The summed E-state index contributed by atoms with van der Waals surface area (Å²) in [4.78, 5) is 14.8. The lowest BCUT2D eigenvalue weighted by molar-refractivity contribution is -0.144. The van der Waals surface area contributed by atoms with Gasteiger partial charge in [-0.05, 0) is 75.4 Å². The van der Waals surface area contributed by atoms with Gasteiger partial charge >= 0.3 is 0 Å². The minimum atomic E-state index is -0.506. The molecule has 1 fully saturated rings. The molecule has 2 aromatic rings. The molecule has 1 aliphatic rings. The number of likely N-dealkylation sites (tertiary alicyclic amines) is 1. The predicted octanol–water partition coefficient (Wildman–Crippen LogP) is 4.78. The van der Waals surface area contributed by atoms with Gasteiger partial charge in [0.15, 0.2) is 6.10 Å². The van der Waals surface area contributed by atoms with Crippen molar-refractivity contribution >= 4 is 5.91 Å². The standard InChI is InChI=1S/C23H26N2O2/c1-16-5-4-6-17(2)25(16)23(26)18(3)27-22-13-11-21(12-14-22)20-9-7-19(15-24)8-10-20/h7-14,16-18H,4-6H2,1-3H3/t16-,17-,18+/m0/s1. The van der Waals surface area contributed by atoms with Gasteiger partial charge in [-0.2, -0.15) is 5.26 Å². The summed E-state index contributed by atoms with van der Waals surface area (Å²) in [5.74, 6) is 0.747. The largest absolute Gasteiger partial charge is 0.481 e. The molecule has 27 heavy (non-hydrogen) atoms. The molecule has 0 radical (unpaired) electrons. The van der Waals surface area contributed by atoms with Gasteiger partial charge in [0.25, 0.3) is 5.91 Å². The van der Waals surface area contributed by atoms with Crippen LogP contribution in [0.4, 0.5) is 0 Å². The van der Waals surface area contributed by atoms with Crippen molar-refractivity contribution in [2.45, 2.75) is 58.2 Å². The number of carbonyl (C=O) groups excluding carboxylic acids is 1. The van der Waals surface area contributed by atoms with Gasteiger partial charge < -0.3 is 9.64 Å². The van der Waals surface area contributed by atoms with Crippen LogP contribution in [0.3, 0.4) is 0 Å². The molecule has 1 aliphatic heterocycles. The van der Waals surface area contributed by atoms with Crippen LogP contribution < -0.4 is 4.74 Å². The molecule has 1 amide bonds. The quantitative estimate of drug-likeness (QED) is 0.786. The Bertz CT molecular complexity index is 811. The fourth-order valence-corrected chi connectivity index (χ4v) is 3.78. The van der Waals surface area contributed by atoms with Gasteiger partial charge in [0.1, 0.15) is 5.75 Å². The highest BCUT2D eigenvalue weighted by Crippen LogP contribution is 2.26. The molecule has 1 saturated heterocycles. The van der Waals surface area contributed by atoms with Crippen LogP contribution in [0.5, 0.6) is 5.75 Å². The van der Waals surface area contributed by atoms with Crippen LogP contribution in [-0.2, 0) is 4.79 Å². The Kier molecular flexibility index (Phi) is 5.81. The van der Waals surface area contributed by atoms with Crippen molar-refractivity contribution < 1.29 is 9.53 Å². The first-order valence-electron chi connectivity index (χ1n) is 9.59. The molecule has 0 saturated carbocycles. The Hall–Kier alpha value is -2.80. The van der Waals surface area contributed by atoms with Crippen LogP contribution in [-0.4, -0.2) is 29.0 Å². The van der Waals surface area contributed by atoms with Crippen molar-refractivity contribution in [1.29, 1.82) is 5.26 Å². The molecule has 1 heterocycles. The molecule has 0 aliphatic carbocycles. The number of ether oxygens (including phenoxy) is 1. The van der Waals surface area contributed by atoms with Crippen LogP contribution in [0, 0.1) is 11.3 Å². The highest BCUT2D eigenvalue weighted by molar-refractivity contribution is 5.81. The van der Waals surface area contributed by atoms with E-state index in [0.29, 0.717) is 11.3 Å². The smallest absolute Gasteiger partial charge is 0.263 e. The van der Waals surface area contributed by atoms with Crippen molar-refractivity contribution in [3.8, 4) is 22.9 Å². The van der Waals surface area contributed by atoms with Gasteiger partial charge in [0, 0.05) is 12.1 Å². The van der Waals surface area contributed by atoms with Crippen molar-refractivity contribution in [3.05, 3.63) is 54.1 Å². The van der Waals surface area contributed by atoms with Crippen molar-refractivity contribution in [2.75, 3.05) is 0 Å². The van der Waals surface area contributed by atoms with Gasteiger partial charge in [0.2, 0.25) is 0 Å². The third kappa shape index (κ3) is 4.31. The van der Waals surface area contributed by atoms with E-state index in [4.69, 9.17) is 10.00 Å². The second-order valence-electron chi connectivity index (χ2n) is 7.35. The van der Waals surface area contributed by atoms with Crippen molar-refractivity contribution in [1.82, 2.24) is 4.90 Å². The van der Waals surface area contributed by atoms with E-state index in [1.165, 1.54) is 6.42 Å². The summed E-state index contributed by atoms with van der Waals surface area (Å²) < 4.78 is 5.92. The number of carbonyl (C=O) groups is 1. The van der Waals surface area contributed by atoms with Crippen LogP contribution in [0.25, 0.3) is 11.1 Å². The molecule has 140 valence electrons. The fourth-order valence-electron chi connectivity index (χ4n) is 3.78. The number of nitrogens with zero attached hydrogens (tertiary/aromatic N) is 2. The zero-order chi connectivity index (χ0) is 19.4. The maximum Gasteiger partial charge on any atom is 0.263 e. The fraction of sp³-hybridized carbons (Fsp3) is 0.391. The minimum absolute atomic E-state index is 0.0610. The Morgan fingerprint density at radius 3 is 2.07 bits per heavy atom. The van der Waals surface area contributed by atoms with E-state index in [2.05, 4.69) is 19.9 Å². The number of hydrogen-bond donors (Lipinski definition) is 0. The summed E-state index contributed by atoms with van der Waals surface area (Å²) in [5, 5.41) is 8.89. The maximum absolute atomic E-state index is 12.8. The van der Waals surface area contributed by atoms with Gasteiger partial charge in [0.05, 0.1) is 11.6 Å². The number of piperidine rings is 1. The molecule has 0 spiro atoms. The lowest BCUT2D eigenvalue weighted by Gasteiger charge is -2.40. The molecule has 0 N–H and O–H groups in total. The maximum atomic E-state index is 12.8. The average molecular weight is 362 g/mol. The van der Waals surface area contributed by atoms with Crippen molar-refractivity contribution in [2.24, 2.45) is 0 Å². The minimum Gasteiger partial charge on any atom is -0.481 e. The first-order valence-corrected chi connectivity index (χ1v) is 9.59. The lowest BCUT2D eigenvalue weighted by Crippen LogP contribution is -2.51. The first-order chi connectivity index (χ1) is 13.0. The second kappa shape index (κ2) is 8.26. The Balaban J connectivity index is 1.66. The Morgan fingerprint density at radius 1 is 1.04 bits per heavy atom. The molecule has 3 rings (SSSR count). The van der Waals surface area contributed by atoms with Crippen LogP contribution in [0.2, 0.25) is 0 Å². The molecular formula is C23H26N2O2. The van der Waals surface area contributed by atoms with E-state index in [1.807, 2.05) is 48.2 Å². The second-order valence-corrected chi connectivity index (χ2v) is 7.35.